The van der Waals surface area contributed by atoms with E-state index in [0.717, 1.165) is 11.3 Å². The van der Waals surface area contributed by atoms with Crippen LogP contribution >= 0.6 is 0 Å². The Bertz CT molecular complexity index is 566. The minimum absolute atomic E-state index is 0.0411. The van der Waals surface area contributed by atoms with E-state index in [4.69, 9.17) is 5.73 Å². The van der Waals surface area contributed by atoms with Crippen molar-refractivity contribution in [3.8, 4) is 0 Å². The highest BCUT2D eigenvalue weighted by molar-refractivity contribution is 6.06. The van der Waals surface area contributed by atoms with E-state index in [9.17, 15) is 4.79 Å². The minimum Gasteiger partial charge on any atom is -0.326 e. The van der Waals surface area contributed by atoms with Crippen molar-refractivity contribution in [3.63, 3.8) is 0 Å². The van der Waals surface area contributed by atoms with Crippen molar-refractivity contribution in [3.05, 3.63) is 53.9 Å². The lowest BCUT2D eigenvalue weighted by Crippen LogP contribution is -2.37. The highest BCUT2D eigenvalue weighted by atomic mass is 16.2. The molecule has 104 valence electrons. The molecule has 0 aliphatic rings. The summed E-state index contributed by atoms with van der Waals surface area (Å²) < 4.78 is 0. The van der Waals surface area contributed by atoms with Crippen LogP contribution in [-0.4, -0.2) is 22.1 Å². The molecule has 5 heteroatoms. The van der Waals surface area contributed by atoms with Crippen LogP contribution in [0.2, 0.25) is 0 Å². The number of amides is 1. The molecule has 2 aromatic rings. The molecule has 2 rings (SSSR count). The molecule has 0 aliphatic heterocycles. The van der Waals surface area contributed by atoms with Crippen LogP contribution in [0.4, 0.5) is 5.69 Å². The smallest absolute Gasteiger partial charge is 0.260 e. The van der Waals surface area contributed by atoms with Gasteiger partial charge in [0.15, 0.2) is 0 Å². The van der Waals surface area contributed by atoms with Crippen LogP contribution in [-0.2, 0) is 6.54 Å². The summed E-state index contributed by atoms with van der Waals surface area (Å²) in [5.74, 6) is -0.0876. The van der Waals surface area contributed by atoms with Gasteiger partial charge in [-0.15, -0.1) is 0 Å². The lowest BCUT2D eigenvalue weighted by molar-refractivity contribution is 0.0979. The van der Waals surface area contributed by atoms with Gasteiger partial charge in [0.25, 0.3) is 5.91 Å². The van der Waals surface area contributed by atoms with Crippen LogP contribution < -0.4 is 10.6 Å². The van der Waals surface area contributed by atoms with E-state index in [1.54, 1.807) is 11.0 Å². The van der Waals surface area contributed by atoms with E-state index in [2.05, 4.69) is 10.2 Å². The zero-order valence-corrected chi connectivity index (χ0v) is 11.7. The maximum Gasteiger partial charge on any atom is 0.260 e. The Morgan fingerprint density at radius 3 is 2.40 bits per heavy atom. The zero-order valence-electron chi connectivity index (χ0n) is 11.7. The monoisotopic (exact) mass is 270 g/mol. The van der Waals surface area contributed by atoms with Crippen LogP contribution in [0.1, 0.15) is 29.8 Å². The molecule has 2 N–H and O–H groups in total. The van der Waals surface area contributed by atoms with Gasteiger partial charge in [-0.05, 0) is 37.6 Å². The first-order valence-corrected chi connectivity index (χ1v) is 6.52. The minimum atomic E-state index is -0.0876. The lowest BCUT2D eigenvalue weighted by atomic mass is 10.1. The van der Waals surface area contributed by atoms with Crippen LogP contribution in [0.3, 0.4) is 0 Å². The number of hydrogen-bond donors (Lipinski definition) is 1. The Morgan fingerprint density at radius 1 is 1.20 bits per heavy atom. The quantitative estimate of drug-likeness (QED) is 0.922. The standard InChI is InChI=1S/C15H18N4O/c1-11(2)19(14-5-3-12(9-16)4-6-14)15(20)13-7-8-17-18-10-13/h3-8,10-11H,9,16H2,1-2H3. The van der Waals surface area contributed by atoms with Gasteiger partial charge in [-0.1, -0.05) is 12.1 Å². The molecule has 0 aliphatic carbocycles. The van der Waals surface area contributed by atoms with Crippen molar-refractivity contribution < 1.29 is 4.79 Å². The molecule has 1 aromatic carbocycles. The summed E-state index contributed by atoms with van der Waals surface area (Å²) in [4.78, 5) is 14.3. The average molecular weight is 270 g/mol. The molecule has 0 radical (unpaired) electrons. The number of carbonyl (C=O) groups excluding carboxylic acids is 1. The Kier molecular flexibility index (Phi) is 4.42. The highest BCUT2D eigenvalue weighted by Crippen LogP contribution is 2.20. The molecular weight excluding hydrogens is 252 g/mol. The van der Waals surface area contributed by atoms with Gasteiger partial charge in [-0.25, -0.2) is 0 Å². The van der Waals surface area contributed by atoms with Crippen molar-refractivity contribution >= 4 is 11.6 Å². The fourth-order valence-corrected chi connectivity index (χ4v) is 2.00. The summed E-state index contributed by atoms with van der Waals surface area (Å²) in [6.07, 6.45) is 3.00. The summed E-state index contributed by atoms with van der Waals surface area (Å²) in [6, 6.07) is 9.40. The number of hydrogen-bond acceptors (Lipinski definition) is 4. The Hall–Kier alpha value is -2.27. The molecule has 0 unspecified atom stereocenters. The van der Waals surface area contributed by atoms with Gasteiger partial charge < -0.3 is 10.6 Å². The van der Waals surface area contributed by atoms with Crippen molar-refractivity contribution in [2.24, 2.45) is 5.73 Å². The van der Waals surface area contributed by atoms with E-state index in [0.29, 0.717) is 12.1 Å². The van der Waals surface area contributed by atoms with Gasteiger partial charge in [-0.2, -0.15) is 10.2 Å². The molecule has 0 saturated heterocycles. The van der Waals surface area contributed by atoms with E-state index in [1.807, 2.05) is 38.1 Å². The molecule has 1 heterocycles. The molecule has 0 spiro atoms. The van der Waals surface area contributed by atoms with Crippen LogP contribution in [0, 0.1) is 0 Å². The molecule has 1 amide bonds. The summed E-state index contributed by atoms with van der Waals surface area (Å²) in [7, 11) is 0. The average Bonchev–Trinajstić information content (AvgIpc) is 2.48. The first-order chi connectivity index (χ1) is 9.63. The highest BCUT2D eigenvalue weighted by Gasteiger charge is 2.20. The zero-order chi connectivity index (χ0) is 14.5. The fourth-order valence-electron chi connectivity index (χ4n) is 2.00. The number of benzene rings is 1. The van der Waals surface area contributed by atoms with E-state index < -0.39 is 0 Å². The molecule has 0 fully saturated rings. The number of carbonyl (C=O) groups is 1. The normalized spacial score (nSPS) is 10.6. The SMILES string of the molecule is CC(C)N(C(=O)c1ccnnc1)c1ccc(CN)cc1. The number of nitrogens with zero attached hydrogens (tertiary/aromatic N) is 3. The largest absolute Gasteiger partial charge is 0.326 e. The molecule has 5 nitrogen and oxygen atoms in total. The lowest BCUT2D eigenvalue weighted by Gasteiger charge is -2.27. The first-order valence-electron chi connectivity index (χ1n) is 6.52. The summed E-state index contributed by atoms with van der Waals surface area (Å²) in [5.41, 5.74) is 8.00. The third-order valence-electron chi connectivity index (χ3n) is 3.02. The number of nitrogens with two attached hydrogens (primary N) is 1. The Labute approximate surface area is 118 Å². The van der Waals surface area contributed by atoms with Crippen molar-refractivity contribution in [2.45, 2.75) is 26.4 Å². The second-order valence-electron chi connectivity index (χ2n) is 4.77. The van der Waals surface area contributed by atoms with Crippen LogP contribution in [0.25, 0.3) is 0 Å². The van der Waals surface area contributed by atoms with Crippen LogP contribution in [0.15, 0.2) is 42.7 Å². The summed E-state index contributed by atoms with van der Waals surface area (Å²) in [6.45, 7) is 4.44. The predicted octanol–water partition coefficient (Wildman–Crippen LogP) is 1.99. The second-order valence-corrected chi connectivity index (χ2v) is 4.77. The van der Waals surface area contributed by atoms with Gasteiger partial charge >= 0.3 is 0 Å². The summed E-state index contributed by atoms with van der Waals surface area (Å²) >= 11 is 0. The molecule has 0 saturated carbocycles. The Balaban J connectivity index is 2.33. The van der Waals surface area contributed by atoms with Gasteiger partial charge in [0.2, 0.25) is 0 Å². The summed E-state index contributed by atoms with van der Waals surface area (Å²) in [5, 5.41) is 7.45. The third kappa shape index (κ3) is 3.00. The van der Waals surface area contributed by atoms with Crippen molar-refractivity contribution in [1.29, 1.82) is 0 Å². The van der Waals surface area contributed by atoms with E-state index >= 15 is 0 Å². The van der Waals surface area contributed by atoms with E-state index in [1.165, 1.54) is 12.4 Å². The second kappa shape index (κ2) is 6.25. The molecule has 1 aromatic heterocycles. The predicted molar refractivity (Wildman–Crippen MR) is 78.3 cm³/mol. The van der Waals surface area contributed by atoms with E-state index in [-0.39, 0.29) is 11.9 Å². The van der Waals surface area contributed by atoms with Gasteiger partial charge in [-0.3, -0.25) is 4.79 Å². The molecule has 0 atom stereocenters. The molecule has 20 heavy (non-hydrogen) atoms. The number of aromatic nitrogens is 2. The van der Waals surface area contributed by atoms with Gasteiger partial charge in [0.05, 0.1) is 18.0 Å². The maximum atomic E-state index is 12.6. The molecule has 0 bridgehead atoms. The number of rotatable bonds is 4. The third-order valence-corrected chi connectivity index (χ3v) is 3.02. The Morgan fingerprint density at radius 2 is 1.90 bits per heavy atom. The van der Waals surface area contributed by atoms with Crippen molar-refractivity contribution in [1.82, 2.24) is 10.2 Å². The van der Waals surface area contributed by atoms with Crippen molar-refractivity contribution in [2.75, 3.05) is 4.90 Å². The maximum absolute atomic E-state index is 12.6. The van der Waals surface area contributed by atoms with Gasteiger partial charge in [0.1, 0.15) is 0 Å². The molecular formula is C15H18N4O. The fraction of sp³-hybridized carbons (Fsp3) is 0.267. The number of anilines is 1. The first kappa shape index (κ1) is 14.1. The topological polar surface area (TPSA) is 72.1 Å². The van der Waals surface area contributed by atoms with Gasteiger partial charge in [0, 0.05) is 18.3 Å². The van der Waals surface area contributed by atoms with Crippen LogP contribution in [0.5, 0.6) is 0 Å².